The predicted molar refractivity (Wildman–Crippen MR) is 118 cm³/mol. The Kier molecular flexibility index (Phi) is 6.62. The summed E-state index contributed by atoms with van der Waals surface area (Å²) < 4.78 is 0. The van der Waals surface area contributed by atoms with Gasteiger partial charge >= 0.3 is 0 Å². The van der Waals surface area contributed by atoms with Gasteiger partial charge in [-0.1, -0.05) is 59.6 Å². The van der Waals surface area contributed by atoms with Crippen molar-refractivity contribution >= 4 is 35.6 Å². The second-order valence-corrected chi connectivity index (χ2v) is 7.68. The zero-order valence-electron chi connectivity index (χ0n) is 15.2. The van der Waals surface area contributed by atoms with E-state index in [1.165, 1.54) is 16.7 Å². The number of nitriles is 1. The van der Waals surface area contributed by atoms with Gasteiger partial charge in [-0.3, -0.25) is 4.98 Å². The van der Waals surface area contributed by atoms with Gasteiger partial charge in [-0.15, -0.1) is 12.4 Å². The van der Waals surface area contributed by atoms with Crippen molar-refractivity contribution in [1.29, 1.82) is 5.26 Å². The number of benzene rings is 2. The Labute approximate surface area is 181 Å². The molecule has 1 aliphatic carbocycles. The third kappa shape index (κ3) is 4.18. The molecule has 2 nitrogen and oxygen atoms in total. The van der Waals surface area contributed by atoms with Gasteiger partial charge in [0.2, 0.25) is 0 Å². The first-order chi connectivity index (χ1) is 13.2. The fourth-order valence-corrected chi connectivity index (χ4v) is 4.24. The minimum atomic E-state index is 0. The van der Waals surface area contributed by atoms with Crippen LogP contribution in [0.3, 0.4) is 0 Å². The monoisotopic (exact) mass is 428 g/mol. The average Bonchev–Trinajstić information content (AvgIpc) is 3.14. The molecule has 5 heteroatoms. The van der Waals surface area contributed by atoms with Gasteiger partial charge in [0.25, 0.3) is 0 Å². The molecule has 0 unspecified atom stereocenters. The van der Waals surface area contributed by atoms with Crippen LogP contribution < -0.4 is 0 Å². The molecular formula is C23H19Cl3N2. The molecule has 0 spiro atoms. The van der Waals surface area contributed by atoms with Crippen molar-refractivity contribution in [3.05, 3.63) is 86.5 Å². The summed E-state index contributed by atoms with van der Waals surface area (Å²) in [5.41, 5.74) is 7.62. The van der Waals surface area contributed by atoms with Crippen molar-refractivity contribution in [3.63, 3.8) is 0 Å². The fraction of sp³-hybridized carbons (Fsp3) is 0.217. The van der Waals surface area contributed by atoms with Gasteiger partial charge in [-0.2, -0.15) is 5.26 Å². The van der Waals surface area contributed by atoms with Crippen LogP contribution in [-0.2, 0) is 25.7 Å². The number of fused-ring (bicyclic) bond motifs is 1. The van der Waals surface area contributed by atoms with Crippen molar-refractivity contribution in [2.45, 2.75) is 32.1 Å². The molecule has 0 fully saturated rings. The Morgan fingerprint density at radius 1 is 1.00 bits per heavy atom. The maximum Gasteiger partial charge on any atom is 0.0895 e. The van der Waals surface area contributed by atoms with Crippen molar-refractivity contribution in [1.82, 2.24) is 4.98 Å². The predicted octanol–water partition coefficient (Wildman–Crippen LogP) is 6.62. The van der Waals surface area contributed by atoms with Crippen molar-refractivity contribution in [3.8, 4) is 17.3 Å². The topological polar surface area (TPSA) is 36.7 Å². The molecule has 0 saturated carbocycles. The van der Waals surface area contributed by atoms with E-state index >= 15 is 0 Å². The van der Waals surface area contributed by atoms with Gasteiger partial charge in [-0.05, 0) is 60.1 Å². The molecule has 1 heterocycles. The minimum Gasteiger partial charge on any atom is -0.251 e. The van der Waals surface area contributed by atoms with E-state index in [2.05, 4.69) is 18.2 Å². The number of hydrogen-bond donors (Lipinski definition) is 0. The average molecular weight is 430 g/mol. The van der Waals surface area contributed by atoms with Crippen LogP contribution in [-0.4, -0.2) is 4.98 Å². The maximum absolute atomic E-state index is 8.84. The summed E-state index contributed by atoms with van der Waals surface area (Å²) in [5, 5.41) is 10.2. The van der Waals surface area contributed by atoms with Crippen LogP contribution >= 0.6 is 35.6 Å². The first-order valence-electron chi connectivity index (χ1n) is 9.06. The number of hydrogen-bond acceptors (Lipinski definition) is 2. The zero-order chi connectivity index (χ0) is 18.8. The second kappa shape index (κ2) is 8.97. The summed E-state index contributed by atoms with van der Waals surface area (Å²) in [6.07, 6.45) is 4.34. The summed E-state index contributed by atoms with van der Waals surface area (Å²) in [4.78, 5) is 4.88. The van der Waals surface area contributed by atoms with Crippen LogP contribution in [0.5, 0.6) is 0 Å². The SMILES string of the molecule is Cl.N#CCc1ccc(Cc2c(Cl)c(-c3cccc(Cl)c3)nc3c2CCC3)cc1. The molecule has 28 heavy (non-hydrogen) atoms. The van der Waals surface area contributed by atoms with E-state index in [0.717, 1.165) is 53.2 Å². The molecule has 3 aromatic rings. The van der Waals surface area contributed by atoms with Crippen LogP contribution in [0.2, 0.25) is 10.0 Å². The minimum absolute atomic E-state index is 0. The molecule has 0 bridgehead atoms. The highest BCUT2D eigenvalue weighted by atomic mass is 35.5. The van der Waals surface area contributed by atoms with Crippen LogP contribution in [0.15, 0.2) is 48.5 Å². The number of pyridine rings is 1. The number of nitrogens with zero attached hydrogens (tertiary/aromatic N) is 2. The van der Waals surface area contributed by atoms with Gasteiger partial charge in [0.15, 0.2) is 0 Å². The summed E-state index contributed by atoms with van der Waals surface area (Å²) in [7, 11) is 0. The standard InChI is InChI=1S/C23H18Cl2N2.ClH/c24-18-4-1-3-17(14-18)23-22(25)20(19-5-2-6-21(19)27-23)13-16-9-7-15(8-10-16)11-12-26;/h1,3-4,7-10,14H,2,5-6,11,13H2;1H. The summed E-state index contributed by atoms with van der Waals surface area (Å²) in [6, 6.07) is 18.1. The molecule has 1 aromatic heterocycles. The van der Waals surface area contributed by atoms with Crippen LogP contribution in [0.4, 0.5) is 0 Å². The maximum atomic E-state index is 8.84. The molecule has 0 amide bonds. The Morgan fingerprint density at radius 2 is 1.75 bits per heavy atom. The number of halogens is 3. The van der Waals surface area contributed by atoms with Gasteiger partial charge in [-0.25, -0.2) is 0 Å². The summed E-state index contributed by atoms with van der Waals surface area (Å²) in [6.45, 7) is 0. The Morgan fingerprint density at radius 3 is 2.46 bits per heavy atom. The molecule has 2 aromatic carbocycles. The number of rotatable bonds is 4. The number of aryl methyl sites for hydroxylation is 1. The van der Waals surface area contributed by atoms with E-state index in [1.807, 2.05) is 36.4 Å². The quantitative estimate of drug-likeness (QED) is 0.467. The molecule has 1 aliphatic rings. The third-order valence-corrected chi connectivity index (χ3v) is 5.70. The molecule has 0 saturated heterocycles. The summed E-state index contributed by atoms with van der Waals surface area (Å²) >= 11 is 13.0. The molecule has 142 valence electrons. The first kappa shape index (κ1) is 20.7. The van der Waals surface area contributed by atoms with Gasteiger partial charge < -0.3 is 0 Å². The van der Waals surface area contributed by atoms with E-state index in [1.54, 1.807) is 0 Å². The Balaban J connectivity index is 0.00000225. The highest BCUT2D eigenvalue weighted by Crippen LogP contribution is 2.37. The molecule has 4 rings (SSSR count). The van der Waals surface area contributed by atoms with Gasteiger partial charge in [0, 0.05) is 16.3 Å². The lowest BCUT2D eigenvalue weighted by atomic mass is 9.96. The first-order valence-corrected chi connectivity index (χ1v) is 9.82. The highest BCUT2D eigenvalue weighted by molar-refractivity contribution is 6.34. The third-order valence-electron chi connectivity index (χ3n) is 5.06. The zero-order valence-corrected chi connectivity index (χ0v) is 17.5. The molecular weight excluding hydrogens is 411 g/mol. The summed E-state index contributed by atoms with van der Waals surface area (Å²) in [5.74, 6) is 0. The largest absolute Gasteiger partial charge is 0.251 e. The Bertz CT molecular complexity index is 1040. The van der Waals surface area contributed by atoms with E-state index in [0.29, 0.717) is 11.4 Å². The molecule has 0 atom stereocenters. The lowest BCUT2D eigenvalue weighted by molar-refractivity contribution is 0.897. The van der Waals surface area contributed by atoms with Crippen molar-refractivity contribution < 1.29 is 0 Å². The highest BCUT2D eigenvalue weighted by Gasteiger charge is 2.23. The van der Waals surface area contributed by atoms with E-state index in [9.17, 15) is 0 Å². The van der Waals surface area contributed by atoms with Crippen LogP contribution in [0.1, 0.15) is 34.4 Å². The fourth-order valence-electron chi connectivity index (χ4n) is 3.72. The number of aromatic nitrogens is 1. The normalized spacial score (nSPS) is 12.2. The van der Waals surface area contributed by atoms with Crippen LogP contribution in [0.25, 0.3) is 11.3 Å². The second-order valence-electron chi connectivity index (χ2n) is 6.87. The van der Waals surface area contributed by atoms with Crippen molar-refractivity contribution in [2.24, 2.45) is 0 Å². The van der Waals surface area contributed by atoms with Gasteiger partial charge in [0.1, 0.15) is 0 Å². The van der Waals surface area contributed by atoms with Crippen molar-refractivity contribution in [2.75, 3.05) is 0 Å². The van der Waals surface area contributed by atoms with E-state index in [4.69, 9.17) is 33.4 Å². The molecule has 0 N–H and O–H groups in total. The lowest BCUT2D eigenvalue weighted by Crippen LogP contribution is -2.02. The Hall–Kier alpha value is -2.05. The van der Waals surface area contributed by atoms with Gasteiger partial charge in [0.05, 0.1) is 23.2 Å². The van der Waals surface area contributed by atoms with E-state index in [-0.39, 0.29) is 12.4 Å². The molecule has 0 aliphatic heterocycles. The molecule has 0 radical (unpaired) electrons. The smallest absolute Gasteiger partial charge is 0.0895 e. The lowest BCUT2D eigenvalue weighted by Gasteiger charge is -2.15. The van der Waals surface area contributed by atoms with Crippen LogP contribution in [0, 0.1) is 11.3 Å². The van der Waals surface area contributed by atoms with E-state index < -0.39 is 0 Å².